The Morgan fingerprint density at radius 2 is 1.11 bits per heavy atom. The molecule has 1 aromatic heterocycles. The Hall–Kier alpha value is -5.86. The van der Waals surface area contributed by atoms with E-state index in [0.717, 1.165) is 55.7 Å². The van der Waals surface area contributed by atoms with Crippen molar-refractivity contribution in [1.29, 1.82) is 0 Å². The molecule has 0 fully saturated rings. The fraction of sp³-hybridized carbons (Fsp3) is 0.0233. The molecule has 7 aromatic carbocycles. The normalized spacial score (nSPS) is 16.8. The standard InChI is InChI=1S/C43H29NO/c1-4-15-30(16-5-1)43(40-25-14-23-36-35-22-11-13-26-41(35)45-42(36)40)38-24-12-10-21-34(38)37-29-33(27-28-39(37)43)44(31-17-6-2-7-18-31)32-19-8-3-9-20-32/h1-29H/i1D,4D,5D,15D,16D. The quantitative estimate of drug-likeness (QED) is 0.201. The van der Waals surface area contributed by atoms with Gasteiger partial charge in [0.2, 0.25) is 0 Å². The molecule has 0 saturated carbocycles. The van der Waals surface area contributed by atoms with Gasteiger partial charge < -0.3 is 9.32 Å². The highest BCUT2D eigenvalue weighted by atomic mass is 16.3. The lowest BCUT2D eigenvalue weighted by atomic mass is 9.67. The van der Waals surface area contributed by atoms with Crippen LogP contribution in [0, 0.1) is 0 Å². The maximum Gasteiger partial charge on any atom is 0.140 e. The molecule has 0 amide bonds. The van der Waals surface area contributed by atoms with E-state index in [2.05, 4.69) is 53.4 Å². The molecule has 1 aliphatic rings. The molecule has 212 valence electrons. The van der Waals surface area contributed by atoms with Gasteiger partial charge in [-0.1, -0.05) is 133 Å². The molecule has 45 heavy (non-hydrogen) atoms. The summed E-state index contributed by atoms with van der Waals surface area (Å²) in [5, 5.41) is 1.84. The minimum Gasteiger partial charge on any atom is -0.456 e. The van der Waals surface area contributed by atoms with Crippen LogP contribution in [0.15, 0.2) is 180 Å². The largest absolute Gasteiger partial charge is 0.456 e. The molecule has 1 heterocycles. The molecule has 1 aliphatic carbocycles. The Morgan fingerprint density at radius 1 is 0.489 bits per heavy atom. The predicted octanol–water partition coefficient (Wildman–Crippen LogP) is 11.4. The molecule has 8 aromatic rings. The van der Waals surface area contributed by atoms with Crippen molar-refractivity contribution >= 4 is 39.0 Å². The predicted molar refractivity (Wildman–Crippen MR) is 186 cm³/mol. The first-order chi connectivity index (χ1) is 24.4. The fourth-order valence-electron chi connectivity index (χ4n) is 7.19. The summed E-state index contributed by atoms with van der Waals surface area (Å²) >= 11 is 0. The van der Waals surface area contributed by atoms with E-state index in [1.54, 1.807) is 0 Å². The van der Waals surface area contributed by atoms with Crippen molar-refractivity contribution in [3.8, 4) is 11.1 Å². The zero-order valence-electron chi connectivity index (χ0n) is 29.2. The second-order valence-electron chi connectivity index (χ2n) is 11.3. The Morgan fingerprint density at radius 3 is 1.89 bits per heavy atom. The van der Waals surface area contributed by atoms with Crippen molar-refractivity contribution in [3.63, 3.8) is 0 Å². The number of para-hydroxylation sites is 4. The monoisotopic (exact) mass is 580 g/mol. The van der Waals surface area contributed by atoms with Gasteiger partial charge in [0, 0.05) is 33.4 Å². The minimum absolute atomic E-state index is 0.193. The molecule has 0 saturated heterocycles. The molecule has 0 bridgehead atoms. The summed E-state index contributed by atoms with van der Waals surface area (Å²) in [7, 11) is 0. The zero-order chi connectivity index (χ0) is 34.1. The third-order valence-corrected chi connectivity index (χ3v) is 9.00. The molecule has 1 atom stereocenters. The smallest absolute Gasteiger partial charge is 0.140 e. The van der Waals surface area contributed by atoms with Gasteiger partial charge in [0.25, 0.3) is 0 Å². The van der Waals surface area contributed by atoms with Crippen LogP contribution < -0.4 is 4.90 Å². The van der Waals surface area contributed by atoms with E-state index in [4.69, 9.17) is 8.53 Å². The number of fused-ring (bicyclic) bond motifs is 6. The van der Waals surface area contributed by atoms with Gasteiger partial charge in [-0.3, -0.25) is 0 Å². The molecule has 1 unspecified atom stereocenters. The topological polar surface area (TPSA) is 16.4 Å². The summed E-state index contributed by atoms with van der Waals surface area (Å²) in [5.41, 5.74) is 7.31. The SMILES string of the molecule is [2H]c1c([2H])c([2H])c(C2(c3cccc4c3oc3ccccc34)c3ccccc3-c3cc(N(c4ccccc4)c4ccccc4)ccc32)c([2H])c1[2H]. The lowest BCUT2D eigenvalue weighted by Gasteiger charge is -2.34. The van der Waals surface area contributed by atoms with Crippen LogP contribution in [0.25, 0.3) is 33.1 Å². The van der Waals surface area contributed by atoms with Crippen LogP contribution in [0.1, 0.15) is 29.1 Å². The lowest BCUT2D eigenvalue weighted by Crippen LogP contribution is -2.28. The summed E-state index contributed by atoms with van der Waals surface area (Å²) in [5.74, 6) is 0. The van der Waals surface area contributed by atoms with Gasteiger partial charge in [0.05, 0.1) is 12.3 Å². The van der Waals surface area contributed by atoms with Crippen LogP contribution >= 0.6 is 0 Å². The van der Waals surface area contributed by atoms with Gasteiger partial charge in [-0.15, -0.1) is 0 Å². The Bertz CT molecular complexity index is 2550. The van der Waals surface area contributed by atoms with E-state index in [1.807, 2.05) is 97.1 Å². The van der Waals surface area contributed by atoms with Gasteiger partial charge in [-0.05, 0) is 70.3 Å². The van der Waals surface area contributed by atoms with Crippen molar-refractivity contribution < 1.29 is 11.3 Å². The minimum atomic E-state index is -1.31. The molecular weight excluding hydrogens is 546 g/mol. The number of nitrogens with zero attached hydrogens (tertiary/aromatic N) is 1. The lowest BCUT2D eigenvalue weighted by molar-refractivity contribution is 0.648. The number of hydrogen-bond acceptors (Lipinski definition) is 2. The highest BCUT2D eigenvalue weighted by Crippen LogP contribution is 2.58. The van der Waals surface area contributed by atoms with Crippen molar-refractivity contribution in [3.05, 3.63) is 198 Å². The first kappa shape index (κ1) is 20.9. The number of furan rings is 1. The van der Waals surface area contributed by atoms with Crippen molar-refractivity contribution in [1.82, 2.24) is 0 Å². The van der Waals surface area contributed by atoms with Crippen LogP contribution in [0.2, 0.25) is 0 Å². The average Bonchev–Trinajstić information content (AvgIpc) is 3.68. The second-order valence-corrected chi connectivity index (χ2v) is 11.3. The average molecular weight is 581 g/mol. The highest BCUT2D eigenvalue weighted by molar-refractivity contribution is 6.07. The second kappa shape index (κ2) is 10.1. The molecule has 2 nitrogen and oxygen atoms in total. The summed E-state index contributed by atoms with van der Waals surface area (Å²) < 4.78 is 51.6. The first-order valence-electron chi connectivity index (χ1n) is 17.5. The van der Waals surface area contributed by atoms with Crippen LogP contribution in [0.4, 0.5) is 17.1 Å². The van der Waals surface area contributed by atoms with E-state index in [0.29, 0.717) is 11.1 Å². The summed E-state index contributed by atoms with van der Waals surface area (Å²) in [6, 6.07) is 46.8. The van der Waals surface area contributed by atoms with E-state index >= 15 is 0 Å². The Balaban J connectivity index is 1.43. The number of benzene rings is 7. The number of rotatable bonds is 5. The Labute approximate surface area is 269 Å². The van der Waals surface area contributed by atoms with Gasteiger partial charge in [0.1, 0.15) is 11.2 Å². The zero-order valence-corrected chi connectivity index (χ0v) is 24.2. The van der Waals surface area contributed by atoms with Crippen molar-refractivity contribution in [2.45, 2.75) is 5.41 Å². The molecule has 9 rings (SSSR count). The number of hydrogen-bond donors (Lipinski definition) is 0. The maximum absolute atomic E-state index is 9.40. The third-order valence-electron chi connectivity index (χ3n) is 9.00. The van der Waals surface area contributed by atoms with Crippen LogP contribution in [-0.4, -0.2) is 0 Å². The fourth-order valence-corrected chi connectivity index (χ4v) is 7.19. The Kier molecular flexibility index (Phi) is 4.70. The first-order valence-corrected chi connectivity index (χ1v) is 15.0. The number of anilines is 3. The van der Waals surface area contributed by atoms with E-state index < -0.39 is 11.5 Å². The van der Waals surface area contributed by atoms with Crippen LogP contribution in [0.5, 0.6) is 0 Å². The van der Waals surface area contributed by atoms with Gasteiger partial charge >= 0.3 is 0 Å². The molecule has 2 heteroatoms. The molecule has 0 spiro atoms. The molecule has 0 aliphatic heterocycles. The van der Waals surface area contributed by atoms with Gasteiger partial charge in [-0.25, -0.2) is 0 Å². The van der Waals surface area contributed by atoms with E-state index in [-0.39, 0.29) is 29.7 Å². The van der Waals surface area contributed by atoms with E-state index in [9.17, 15) is 2.74 Å². The van der Waals surface area contributed by atoms with Crippen molar-refractivity contribution in [2.75, 3.05) is 4.90 Å². The van der Waals surface area contributed by atoms with Crippen LogP contribution in [0.3, 0.4) is 0 Å². The summed E-state index contributed by atoms with van der Waals surface area (Å²) in [6.45, 7) is 0. The summed E-state index contributed by atoms with van der Waals surface area (Å²) in [4.78, 5) is 2.20. The molecular formula is C43H29NO. The summed E-state index contributed by atoms with van der Waals surface area (Å²) in [6.07, 6.45) is 0. The maximum atomic E-state index is 9.40. The highest BCUT2D eigenvalue weighted by Gasteiger charge is 2.47. The van der Waals surface area contributed by atoms with Gasteiger partial charge in [-0.2, -0.15) is 0 Å². The third kappa shape index (κ3) is 3.76. The van der Waals surface area contributed by atoms with Gasteiger partial charge in [0.15, 0.2) is 0 Å². The molecule has 0 radical (unpaired) electrons. The molecule has 0 N–H and O–H groups in total. The van der Waals surface area contributed by atoms with Crippen LogP contribution in [-0.2, 0) is 5.41 Å². The van der Waals surface area contributed by atoms with Crippen molar-refractivity contribution in [2.24, 2.45) is 0 Å². The van der Waals surface area contributed by atoms with E-state index in [1.165, 1.54) is 0 Å².